The van der Waals surface area contributed by atoms with Gasteiger partial charge in [0.2, 0.25) is 15.9 Å². The summed E-state index contributed by atoms with van der Waals surface area (Å²) in [7, 11) is -2.30. The fourth-order valence-electron chi connectivity index (χ4n) is 3.77. The molecule has 11 heteroatoms. The maximum absolute atomic E-state index is 14.2. The third kappa shape index (κ3) is 3.39. The van der Waals surface area contributed by atoms with Gasteiger partial charge in [0.15, 0.2) is 5.69 Å². The molecule has 0 saturated carbocycles. The second-order valence-electron chi connectivity index (χ2n) is 7.34. The summed E-state index contributed by atoms with van der Waals surface area (Å²) in [6, 6.07) is 10.9. The largest absolute Gasteiger partial charge is 0.415 e. The molecule has 1 aliphatic heterocycles. The molecular weight excluding hydrogens is 440 g/mol. The SMILES string of the molecule is Cn1nc(-c2nnc(-c3ccc(F)cc3)o2)c2c1CCN(S(=O)(=O)c1ccccc1F)C2. The maximum atomic E-state index is 14.2. The molecule has 0 aliphatic carbocycles. The molecule has 8 nitrogen and oxygen atoms in total. The van der Waals surface area contributed by atoms with Crippen molar-refractivity contribution in [3.8, 4) is 23.0 Å². The van der Waals surface area contributed by atoms with Crippen LogP contribution in [0.1, 0.15) is 11.3 Å². The van der Waals surface area contributed by atoms with E-state index >= 15 is 0 Å². The van der Waals surface area contributed by atoms with E-state index in [9.17, 15) is 17.2 Å². The van der Waals surface area contributed by atoms with Gasteiger partial charge in [-0.2, -0.15) is 9.40 Å². The van der Waals surface area contributed by atoms with Crippen molar-refractivity contribution < 1.29 is 21.6 Å². The van der Waals surface area contributed by atoms with Crippen molar-refractivity contribution in [2.75, 3.05) is 6.54 Å². The normalized spacial score (nSPS) is 14.5. The van der Waals surface area contributed by atoms with Crippen LogP contribution in [0.4, 0.5) is 8.78 Å². The Balaban J connectivity index is 1.51. The first-order chi connectivity index (χ1) is 15.3. The van der Waals surface area contributed by atoms with Crippen LogP contribution in [-0.4, -0.2) is 39.2 Å². The van der Waals surface area contributed by atoms with Crippen molar-refractivity contribution in [3.63, 3.8) is 0 Å². The smallest absolute Gasteiger partial charge is 0.268 e. The molecule has 5 rings (SSSR count). The van der Waals surface area contributed by atoms with Crippen LogP contribution in [0.5, 0.6) is 0 Å². The summed E-state index contributed by atoms with van der Waals surface area (Å²) in [4.78, 5) is -0.370. The third-order valence-electron chi connectivity index (χ3n) is 5.38. The Hall–Kier alpha value is -3.44. The number of sulfonamides is 1. The lowest BCUT2D eigenvalue weighted by molar-refractivity contribution is 0.383. The van der Waals surface area contributed by atoms with Gasteiger partial charge in [-0.05, 0) is 36.4 Å². The summed E-state index contributed by atoms with van der Waals surface area (Å²) in [5.41, 5.74) is 2.35. The van der Waals surface area contributed by atoms with Crippen LogP contribution in [0.15, 0.2) is 57.8 Å². The Morgan fingerprint density at radius 1 is 1.00 bits per heavy atom. The first-order valence-corrected chi connectivity index (χ1v) is 11.2. The number of fused-ring (bicyclic) bond motifs is 1. The summed E-state index contributed by atoms with van der Waals surface area (Å²) in [5, 5.41) is 12.5. The standard InChI is InChI=1S/C21H17F2N5O3S/c1-27-17-10-11-28(32(29,30)18-5-3-2-4-16(18)23)12-15(17)19(26-27)21-25-24-20(31-21)13-6-8-14(22)9-7-13/h2-9H,10-12H2,1H3. The van der Waals surface area contributed by atoms with E-state index in [4.69, 9.17) is 4.42 Å². The van der Waals surface area contributed by atoms with Gasteiger partial charge in [0, 0.05) is 43.4 Å². The van der Waals surface area contributed by atoms with Crippen LogP contribution in [0.25, 0.3) is 23.0 Å². The molecule has 0 fully saturated rings. The second-order valence-corrected chi connectivity index (χ2v) is 9.24. The fourth-order valence-corrected chi connectivity index (χ4v) is 5.24. The fraction of sp³-hybridized carbons (Fsp3) is 0.190. The molecule has 1 aliphatic rings. The van der Waals surface area contributed by atoms with Crippen molar-refractivity contribution >= 4 is 10.0 Å². The summed E-state index contributed by atoms with van der Waals surface area (Å²) in [5.74, 6) is -0.883. The topological polar surface area (TPSA) is 94.1 Å². The lowest BCUT2D eigenvalue weighted by Crippen LogP contribution is -2.36. The summed E-state index contributed by atoms with van der Waals surface area (Å²) in [6.07, 6.45) is 0.394. The molecule has 0 N–H and O–H groups in total. The van der Waals surface area contributed by atoms with Gasteiger partial charge in [-0.15, -0.1) is 10.2 Å². The minimum Gasteiger partial charge on any atom is -0.415 e. The Labute approximate surface area is 182 Å². The number of benzene rings is 2. The van der Waals surface area contributed by atoms with Crippen molar-refractivity contribution in [1.82, 2.24) is 24.3 Å². The van der Waals surface area contributed by atoms with Gasteiger partial charge in [-0.3, -0.25) is 4.68 Å². The zero-order chi connectivity index (χ0) is 22.5. The Morgan fingerprint density at radius 2 is 1.72 bits per heavy atom. The molecule has 0 bridgehead atoms. The van der Waals surface area contributed by atoms with Crippen molar-refractivity contribution in [3.05, 3.63) is 71.4 Å². The molecule has 2 aromatic carbocycles. The number of rotatable bonds is 4. The molecule has 4 aromatic rings. The molecule has 0 saturated heterocycles. The van der Waals surface area contributed by atoms with E-state index in [1.807, 2.05) is 0 Å². The summed E-state index contributed by atoms with van der Waals surface area (Å²) >= 11 is 0. The predicted molar refractivity (Wildman–Crippen MR) is 110 cm³/mol. The van der Waals surface area contributed by atoms with Gasteiger partial charge < -0.3 is 4.42 Å². The minimum absolute atomic E-state index is 0.0105. The first kappa shape index (κ1) is 20.5. The highest BCUT2D eigenvalue weighted by Crippen LogP contribution is 2.33. The molecular formula is C21H17F2N5O3S. The van der Waals surface area contributed by atoms with Crippen LogP contribution in [0, 0.1) is 11.6 Å². The van der Waals surface area contributed by atoms with Crippen LogP contribution >= 0.6 is 0 Å². The van der Waals surface area contributed by atoms with Crippen molar-refractivity contribution in [2.45, 2.75) is 17.9 Å². The lowest BCUT2D eigenvalue weighted by atomic mass is 10.1. The highest BCUT2D eigenvalue weighted by molar-refractivity contribution is 7.89. The first-order valence-electron chi connectivity index (χ1n) is 9.74. The monoisotopic (exact) mass is 457 g/mol. The highest BCUT2D eigenvalue weighted by Gasteiger charge is 2.34. The zero-order valence-electron chi connectivity index (χ0n) is 16.9. The molecule has 0 spiro atoms. The minimum atomic E-state index is -4.05. The van der Waals surface area contributed by atoms with E-state index in [0.29, 0.717) is 23.2 Å². The van der Waals surface area contributed by atoms with Gasteiger partial charge in [0.05, 0.1) is 0 Å². The molecule has 0 radical (unpaired) electrons. The molecule has 0 amide bonds. The van der Waals surface area contributed by atoms with Gasteiger partial charge in [0.1, 0.15) is 16.5 Å². The van der Waals surface area contributed by atoms with Crippen LogP contribution in [0.3, 0.4) is 0 Å². The van der Waals surface area contributed by atoms with E-state index in [1.165, 1.54) is 46.8 Å². The van der Waals surface area contributed by atoms with Crippen LogP contribution < -0.4 is 0 Å². The molecule has 2 aromatic heterocycles. The van der Waals surface area contributed by atoms with Crippen molar-refractivity contribution in [1.29, 1.82) is 0 Å². The highest BCUT2D eigenvalue weighted by atomic mass is 32.2. The van der Waals surface area contributed by atoms with Crippen LogP contribution in [-0.2, 0) is 30.0 Å². The quantitative estimate of drug-likeness (QED) is 0.467. The molecule has 32 heavy (non-hydrogen) atoms. The Morgan fingerprint density at radius 3 is 2.47 bits per heavy atom. The van der Waals surface area contributed by atoms with Gasteiger partial charge >= 0.3 is 0 Å². The molecule has 164 valence electrons. The zero-order valence-corrected chi connectivity index (χ0v) is 17.7. The average molecular weight is 457 g/mol. The van der Waals surface area contributed by atoms with E-state index in [2.05, 4.69) is 15.3 Å². The third-order valence-corrected chi connectivity index (χ3v) is 7.26. The summed E-state index contributed by atoms with van der Waals surface area (Å²) in [6.45, 7) is 0.177. The van der Waals surface area contributed by atoms with Gasteiger partial charge in [0.25, 0.3) is 5.89 Å². The van der Waals surface area contributed by atoms with E-state index < -0.39 is 15.8 Å². The summed E-state index contributed by atoms with van der Waals surface area (Å²) < 4.78 is 62.1. The average Bonchev–Trinajstić information content (AvgIpc) is 3.39. The number of aryl methyl sites for hydroxylation is 1. The van der Waals surface area contributed by atoms with Gasteiger partial charge in [-0.25, -0.2) is 17.2 Å². The number of hydrogen-bond acceptors (Lipinski definition) is 6. The molecule has 0 unspecified atom stereocenters. The maximum Gasteiger partial charge on any atom is 0.268 e. The number of hydrogen-bond donors (Lipinski definition) is 0. The predicted octanol–water partition coefficient (Wildman–Crippen LogP) is 3.16. The van der Waals surface area contributed by atoms with E-state index in [0.717, 1.165) is 11.8 Å². The van der Waals surface area contributed by atoms with Crippen molar-refractivity contribution in [2.24, 2.45) is 7.05 Å². The number of nitrogens with zero attached hydrogens (tertiary/aromatic N) is 5. The van der Waals surface area contributed by atoms with Crippen LogP contribution in [0.2, 0.25) is 0 Å². The van der Waals surface area contributed by atoms with E-state index in [1.54, 1.807) is 11.7 Å². The molecule has 3 heterocycles. The Kier molecular flexibility index (Phi) is 4.86. The Bertz CT molecular complexity index is 1410. The lowest BCUT2D eigenvalue weighted by Gasteiger charge is -2.26. The number of halogens is 2. The van der Waals surface area contributed by atoms with E-state index in [-0.39, 0.29) is 35.6 Å². The van der Waals surface area contributed by atoms with Gasteiger partial charge in [-0.1, -0.05) is 12.1 Å². The number of aromatic nitrogens is 4. The molecule has 0 atom stereocenters. The second kappa shape index (κ2) is 7.61.